The summed E-state index contributed by atoms with van der Waals surface area (Å²) in [4.78, 5) is 4.01. The van der Waals surface area contributed by atoms with E-state index in [1.807, 2.05) is 31.2 Å². The molecule has 1 rings (SSSR count). The third kappa shape index (κ3) is 3.46. The summed E-state index contributed by atoms with van der Waals surface area (Å²) in [7, 11) is 0. The van der Waals surface area contributed by atoms with Crippen molar-refractivity contribution in [2.24, 2.45) is 10.7 Å². The second kappa shape index (κ2) is 4.87. The van der Waals surface area contributed by atoms with Gasteiger partial charge in [0.1, 0.15) is 0 Å². The van der Waals surface area contributed by atoms with Crippen LogP contribution in [0, 0.1) is 0 Å². The zero-order chi connectivity index (χ0) is 9.68. The van der Waals surface area contributed by atoms with E-state index in [9.17, 15) is 0 Å². The second-order valence-corrected chi connectivity index (χ2v) is 3.41. The number of aliphatic imine (C=N–C) groups is 1. The van der Waals surface area contributed by atoms with Crippen LogP contribution in [0.3, 0.4) is 0 Å². The molecule has 4 heteroatoms. The van der Waals surface area contributed by atoms with Crippen molar-refractivity contribution in [1.29, 1.82) is 0 Å². The Balaban J connectivity index is 2.64. The number of nitrogens with two attached hydrogens (primary N) is 1. The smallest absolute Gasteiger partial charge is 0.193 e. The van der Waals surface area contributed by atoms with Crippen LogP contribution in [0.15, 0.2) is 33.7 Å². The average molecular weight is 242 g/mol. The molecule has 0 bridgehead atoms. The van der Waals surface area contributed by atoms with Crippen LogP contribution in [-0.2, 0) is 0 Å². The van der Waals surface area contributed by atoms with Gasteiger partial charge in [-0.05, 0) is 31.2 Å². The molecule has 3 N–H and O–H groups in total. The SMILES string of the molecule is CCN=C(N)Nc1ccc(Br)cc1. The van der Waals surface area contributed by atoms with E-state index >= 15 is 0 Å². The van der Waals surface area contributed by atoms with E-state index in [2.05, 4.69) is 26.2 Å². The maximum absolute atomic E-state index is 5.58. The van der Waals surface area contributed by atoms with E-state index < -0.39 is 0 Å². The molecule has 0 aliphatic heterocycles. The van der Waals surface area contributed by atoms with Gasteiger partial charge in [0.25, 0.3) is 0 Å². The monoisotopic (exact) mass is 241 g/mol. The van der Waals surface area contributed by atoms with Crippen molar-refractivity contribution < 1.29 is 0 Å². The summed E-state index contributed by atoms with van der Waals surface area (Å²) in [5, 5.41) is 2.98. The molecule has 0 heterocycles. The minimum atomic E-state index is 0.449. The highest BCUT2D eigenvalue weighted by Crippen LogP contribution is 2.13. The first-order chi connectivity index (χ1) is 6.22. The van der Waals surface area contributed by atoms with Gasteiger partial charge in [0.2, 0.25) is 0 Å². The van der Waals surface area contributed by atoms with Gasteiger partial charge >= 0.3 is 0 Å². The number of benzene rings is 1. The highest BCUT2D eigenvalue weighted by Gasteiger charge is 1.93. The highest BCUT2D eigenvalue weighted by atomic mass is 79.9. The minimum Gasteiger partial charge on any atom is -0.370 e. The van der Waals surface area contributed by atoms with Gasteiger partial charge in [-0.3, -0.25) is 4.99 Å². The van der Waals surface area contributed by atoms with E-state index in [0.29, 0.717) is 12.5 Å². The molecule has 0 radical (unpaired) electrons. The van der Waals surface area contributed by atoms with Crippen LogP contribution in [0.25, 0.3) is 0 Å². The molecule has 0 spiro atoms. The predicted octanol–water partition coefficient (Wildman–Crippen LogP) is 2.20. The maximum atomic E-state index is 5.58. The average Bonchev–Trinajstić information content (AvgIpc) is 2.09. The number of hydrogen-bond acceptors (Lipinski definition) is 1. The Morgan fingerprint density at radius 1 is 1.46 bits per heavy atom. The van der Waals surface area contributed by atoms with Crippen LogP contribution in [0.1, 0.15) is 6.92 Å². The number of halogens is 1. The van der Waals surface area contributed by atoms with Crippen molar-refractivity contribution in [3.63, 3.8) is 0 Å². The van der Waals surface area contributed by atoms with Gasteiger partial charge in [-0.2, -0.15) is 0 Å². The molecule has 0 saturated carbocycles. The molecular formula is C9H12BrN3. The number of nitrogens with zero attached hydrogens (tertiary/aromatic N) is 1. The third-order valence-electron chi connectivity index (χ3n) is 1.45. The molecule has 70 valence electrons. The minimum absolute atomic E-state index is 0.449. The molecule has 13 heavy (non-hydrogen) atoms. The van der Waals surface area contributed by atoms with E-state index in [0.717, 1.165) is 10.2 Å². The highest BCUT2D eigenvalue weighted by molar-refractivity contribution is 9.10. The van der Waals surface area contributed by atoms with Gasteiger partial charge in [-0.25, -0.2) is 0 Å². The Labute approximate surface area is 86.2 Å². The van der Waals surface area contributed by atoms with Crippen molar-refractivity contribution in [2.75, 3.05) is 11.9 Å². The number of rotatable bonds is 2. The lowest BCUT2D eigenvalue weighted by Crippen LogP contribution is -2.22. The van der Waals surface area contributed by atoms with Crippen molar-refractivity contribution in [3.05, 3.63) is 28.7 Å². The topological polar surface area (TPSA) is 50.4 Å². The van der Waals surface area contributed by atoms with Gasteiger partial charge in [-0.15, -0.1) is 0 Å². The van der Waals surface area contributed by atoms with Crippen LogP contribution in [0.2, 0.25) is 0 Å². The van der Waals surface area contributed by atoms with Crippen LogP contribution < -0.4 is 11.1 Å². The van der Waals surface area contributed by atoms with E-state index in [1.165, 1.54) is 0 Å². The molecule has 0 aliphatic carbocycles. The third-order valence-corrected chi connectivity index (χ3v) is 1.97. The molecule has 0 atom stereocenters. The Bertz CT molecular complexity index is 292. The summed E-state index contributed by atoms with van der Waals surface area (Å²) in [6.45, 7) is 2.63. The summed E-state index contributed by atoms with van der Waals surface area (Å²) < 4.78 is 1.05. The molecule has 0 saturated heterocycles. The van der Waals surface area contributed by atoms with E-state index in [-0.39, 0.29) is 0 Å². The summed E-state index contributed by atoms with van der Waals surface area (Å²) in [5.41, 5.74) is 6.52. The summed E-state index contributed by atoms with van der Waals surface area (Å²) >= 11 is 3.35. The van der Waals surface area contributed by atoms with Gasteiger partial charge in [-0.1, -0.05) is 15.9 Å². The van der Waals surface area contributed by atoms with Crippen molar-refractivity contribution in [2.45, 2.75) is 6.92 Å². The van der Waals surface area contributed by atoms with E-state index in [4.69, 9.17) is 5.73 Å². The predicted molar refractivity (Wildman–Crippen MR) is 59.9 cm³/mol. The van der Waals surface area contributed by atoms with Crippen LogP contribution in [0.4, 0.5) is 5.69 Å². The lowest BCUT2D eigenvalue weighted by molar-refractivity contribution is 1.12. The van der Waals surface area contributed by atoms with Crippen molar-refractivity contribution >= 4 is 27.6 Å². The molecule has 0 fully saturated rings. The molecule has 0 aromatic heterocycles. The standard InChI is InChI=1S/C9H12BrN3/c1-2-12-9(11)13-8-5-3-7(10)4-6-8/h3-6H,2H2,1H3,(H3,11,12,13). The van der Waals surface area contributed by atoms with Crippen molar-refractivity contribution in [1.82, 2.24) is 0 Å². The zero-order valence-corrected chi connectivity index (χ0v) is 9.01. The van der Waals surface area contributed by atoms with Crippen LogP contribution >= 0.6 is 15.9 Å². The van der Waals surface area contributed by atoms with Gasteiger partial charge < -0.3 is 11.1 Å². The quantitative estimate of drug-likeness (QED) is 0.617. The molecule has 3 nitrogen and oxygen atoms in total. The lowest BCUT2D eigenvalue weighted by Gasteiger charge is -2.04. The van der Waals surface area contributed by atoms with Crippen LogP contribution in [0.5, 0.6) is 0 Å². The summed E-state index contributed by atoms with van der Waals surface area (Å²) in [6.07, 6.45) is 0. The van der Waals surface area contributed by atoms with Crippen LogP contribution in [-0.4, -0.2) is 12.5 Å². The normalized spacial score (nSPS) is 11.4. The summed E-state index contributed by atoms with van der Waals surface area (Å²) in [5.74, 6) is 0.449. The lowest BCUT2D eigenvalue weighted by atomic mass is 10.3. The second-order valence-electron chi connectivity index (χ2n) is 2.49. The number of guanidine groups is 1. The van der Waals surface area contributed by atoms with Crippen molar-refractivity contribution in [3.8, 4) is 0 Å². The summed E-state index contributed by atoms with van der Waals surface area (Å²) in [6, 6.07) is 7.76. The Kier molecular flexibility index (Phi) is 3.76. The molecule has 0 aliphatic rings. The fourth-order valence-corrected chi connectivity index (χ4v) is 1.16. The fraction of sp³-hybridized carbons (Fsp3) is 0.222. The number of nitrogens with one attached hydrogen (secondary N) is 1. The Morgan fingerprint density at radius 3 is 2.62 bits per heavy atom. The first-order valence-electron chi connectivity index (χ1n) is 4.05. The number of anilines is 1. The molecule has 0 unspecified atom stereocenters. The fourth-order valence-electron chi connectivity index (χ4n) is 0.891. The maximum Gasteiger partial charge on any atom is 0.193 e. The van der Waals surface area contributed by atoms with Gasteiger partial charge in [0, 0.05) is 16.7 Å². The largest absolute Gasteiger partial charge is 0.370 e. The molecule has 1 aromatic rings. The molecule has 1 aromatic carbocycles. The van der Waals surface area contributed by atoms with E-state index in [1.54, 1.807) is 0 Å². The molecular weight excluding hydrogens is 230 g/mol. The number of hydrogen-bond donors (Lipinski definition) is 2. The Morgan fingerprint density at radius 2 is 2.08 bits per heavy atom. The first-order valence-corrected chi connectivity index (χ1v) is 4.84. The van der Waals surface area contributed by atoms with Gasteiger partial charge in [0.15, 0.2) is 5.96 Å². The zero-order valence-electron chi connectivity index (χ0n) is 7.42. The Hall–Kier alpha value is -1.03. The first kappa shape index (κ1) is 10.1. The molecule has 0 amide bonds. The van der Waals surface area contributed by atoms with Gasteiger partial charge in [0.05, 0.1) is 0 Å².